The van der Waals surface area contributed by atoms with Gasteiger partial charge in [0.2, 0.25) is 5.91 Å². The third kappa shape index (κ3) is 4.93. The van der Waals surface area contributed by atoms with E-state index in [1.807, 2.05) is 74.5 Å². The van der Waals surface area contributed by atoms with Crippen molar-refractivity contribution in [3.05, 3.63) is 89.7 Å². The number of methoxy groups -OCH3 is 2. The monoisotopic (exact) mass is 441 g/mol. The highest BCUT2D eigenvalue weighted by Crippen LogP contribution is 2.37. The first-order valence-corrected chi connectivity index (χ1v) is 10.7. The Morgan fingerprint density at radius 2 is 1.73 bits per heavy atom. The predicted molar refractivity (Wildman–Crippen MR) is 131 cm³/mol. The molecule has 0 spiro atoms. The molecule has 1 N–H and O–H groups in total. The van der Waals surface area contributed by atoms with Crippen molar-refractivity contribution in [2.24, 2.45) is 0 Å². The zero-order valence-electron chi connectivity index (χ0n) is 19.3. The Labute approximate surface area is 193 Å². The Kier molecular flexibility index (Phi) is 6.50. The normalized spacial score (nSPS) is 11.5. The summed E-state index contributed by atoms with van der Waals surface area (Å²) < 4.78 is 16.7. The third-order valence-electron chi connectivity index (χ3n) is 5.66. The molecule has 0 bridgehead atoms. The van der Waals surface area contributed by atoms with Crippen molar-refractivity contribution in [1.82, 2.24) is 5.32 Å². The molecule has 0 fully saturated rings. The highest BCUT2D eigenvalue weighted by atomic mass is 16.5. The second kappa shape index (κ2) is 9.65. The van der Waals surface area contributed by atoms with Gasteiger partial charge in [-0.3, -0.25) is 4.79 Å². The minimum Gasteiger partial charge on any atom is -0.497 e. The van der Waals surface area contributed by atoms with Gasteiger partial charge in [0.1, 0.15) is 17.1 Å². The molecular weight excluding hydrogens is 414 g/mol. The van der Waals surface area contributed by atoms with Crippen LogP contribution in [0.3, 0.4) is 0 Å². The van der Waals surface area contributed by atoms with Gasteiger partial charge >= 0.3 is 0 Å². The van der Waals surface area contributed by atoms with Crippen molar-refractivity contribution >= 4 is 22.4 Å². The fraction of sp³-hybridized carbons (Fsp3) is 0.179. The van der Waals surface area contributed by atoms with Crippen LogP contribution in [0, 0.1) is 6.92 Å². The Bertz CT molecular complexity index is 1300. The van der Waals surface area contributed by atoms with Gasteiger partial charge in [-0.1, -0.05) is 42.0 Å². The average molecular weight is 442 g/mol. The first-order chi connectivity index (χ1) is 16.0. The number of furan rings is 1. The van der Waals surface area contributed by atoms with Crippen molar-refractivity contribution in [2.75, 3.05) is 14.2 Å². The zero-order valence-corrected chi connectivity index (χ0v) is 19.3. The summed E-state index contributed by atoms with van der Waals surface area (Å²) >= 11 is 0. The van der Waals surface area contributed by atoms with Gasteiger partial charge in [0.25, 0.3) is 0 Å². The van der Waals surface area contributed by atoms with Crippen molar-refractivity contribution in [3.63, 3.8) is 0 Å². The summed E-state index contributed by atoms with van der Waals surface area (Å²) in [5.41, 5.74) is 6.59. The highest BCUT2D eigenvalue weighted by molar-refractivity contribution is 6.00. The van der Waals surface area contributed by atoms with Crippen molar-refractivity contribution in [1.29, 1.82) is 0 Å². The summed E-state index contributed by atoms with van der Waals surface area (Å²) in [6.45, 7) is 4.42. The molecule has 0 radical (unpaired) electrons. The van der Waals surface area contributed by atoms with Gasteiger partial charge in [-0.05, 0) is 48.7 Å². The van der Waals surface area contributed by atoms with Crippen LogP contribution < -0.4 is 14.8 Å². The van der Waals surface area contributed by atoms with E-state index in [0.717, 1.165) is 44.5 Å². The van der Waals surface area contributed by atoms with Gasteiger partial charge in [0.05, 0.1) is 20.5 Å². The lowest BCUT2D eigenvalue weighted by Gasteiger charge is -2.10. The minimum atomic E-state index is -0.155. The van der Waals surface area contributed by atoms with Gasteiger partial charge < -0.3 is 19.2 Å². The number of benzene rings is 3. The van der Waals surface area contributed by atoms with E-state index in [1.165, 1.54) is 5.56 Å². The molecule has 4 aromatic rings. The van der Waals surface area contributed by atoms with Crippen LogP contribution in [0.4, 0.5) is 0 Å². The molecule has 168 valence electrons. The van der Waals surface area contributed by atoms with Crippen LogP contribution in [0.2, 0.25) is 0 Å². The first kappa shape index (κ1) is 22.2. The lowest BCUT2D eigenvalue weighted by molar-refractivity contribution is -0.116. The topological polar surface area (TPSA) is 60.7 Å². The van der Waals surface area contributed by atoms with Crippen molar-refractivity contribution < 1.29 is 18.7 Å². The Hall–Kier alpha value is -3.99. The second-order valence-corrected chi connectivity index (χ2v) is 7.96. The van der Waals surface area contributed by atoms with E-state index in [-0.39, 0.29) is 5.91 Å². The standard InChI is InChI=1S/C28H27NO4/c1-18-5-7-20(8-6-18)16-29-28(30)13-19(2)23-14-24-25(17-33-27(24)15-26(23)32-4)21-9-11-22(31-3)12-10-21/h5-15,17H,16H2,1-4H3,(H,29,30)/b19-13+. The maximum absolute atomic E-state index is 12.6. The zero-order chi connectivity index (χ0) is 23.4. The van der Waals surface area contributed by atoms with E-state index in [1.54, 1.807) is 26.6 Å². The summed E-state index contributed by atoms with van der Waals surface area (Å²) in [5.74, 6) is 1.29. The van der Waals surface area contributed by atoms with Crippen molar-refractivity contribution in [2.45, 2.75) is 20.4 Å². The summed E-state index contributed by atoms with van der Waals surface area (Å²) in [5, 5.41) is 3.90. The number of hydrogen-bond donors (Lipinski definition) is 1. The van der Waals surface area contributed by atoms with Gasteiger partial charge in [-0.15, -0.1) is 0 Å². The number of hydrogen-bond acceptors (Lipinski definition) is 4. The number of carbonyl (C=O) groups is 1. The summed E-state index contributed by atoms with van der Waals surface area (Å²) in [6, 6.07) is 19.8. The lowest BCUT2D eigenvalue weighted by atomic mass is 9.99. The van der Waals surface area contributed by atoms with E-state index < -0.39 is 0 Å². The predicted octanol–water partition coefficient (Wildman–Crippen LogP) is 6.15. The molecule has 0 aliphatic heterocycles. The molecule has 5 heteroatoms. The fourth-order valence-electron chi connectivity index (χ4n) is 3.75. The summed E-state index contributed by atoms with van der Waals surface area (Å²) in [4.78, 5) is 12.6. The molecular formula is C28H27NO4. The van der Waals surface area contributed by atoms with Crippen LogP contribution in [0.25, 0.3) is 27.7 Å². The van der Waals surface area contributed by atoms with Gasteiger partial charge in [0, 0.05) is 35.2 Å². The highest BCUT2D eigenvalue weighted by Gasteiger charge is 2.15. The van der Waals surface area contributed by atoms with E-state index >= 15 is 0 Å². The van der Waals surface area contributed by atoms with Crippen molar-refractivity contribution in [3.8, 4) is 22.6 Å². The Morgan fingerprint density at radius 1 is 1.00 bits per heavy atom. The number of carbonyl (C=O) groups excluding carboxylic acids is 1. The molecule has 4 rings (SSSR count). The second-order valence-electron chi connectivity index (χ2n) is 7.96. The molecule has 0 aliphatic carbocycles. The van der Waals surface area contributed by atoms with Crippen LogP contribution in [0.5, 0.6) is 11.5 Å². The SMILES string of the molecule is COc1ccc(-c2coc3cc(OC)c(/C(C)=C/C(=O)NCc4ccc(C)cc4)cc23)cc1. The first-order valence-electron chi connectivity index (χ1n) is 10.7. The van der Waals surface area contributed by atoms with E-state index in [4.69, 9.17) is 13.9 Å². The molecule has 0 unspecified atom stereocenters. The molecule has 1 heterocycles. The number of fused-ring (bicyclic) bond motifs is 1. The molecule has 0 saturated heterocycles. The average Bonchev–Trinajstić information content (AvgIpc) is 3.25. The minimum absolute atomic E-state index is 0.155. The molecule has 0 saturated carbocycles. The van der Waals surface area contributed by atoms with Crippen LogP contribution in [-0.2, 0) is 11.3 Å². The molecule has 33 heavy (non-hydrogen) atoms. The molecule has 0 aliphatic rings. The number of amides is 1. The molecule has 0 atom stereocenters. The van der Waals surface area contributed by atoms with E-state index in [0.29, 0.717) is 12.3 Å². The maximum atomic E-state index is 12.6. The van der Waals surface area contributed by atoms with Gasteiger partial charge in [-0.2, -0.15) is 0 Å². The number of nitrogens with one attached hydrogen (secondary N) is 1. The summed E-state index contributed by atoms with van der Waals surface area (Å²) in [7, 11) is 3.26. The van der Waals surface area contributed by atoms with Gasteiger partial charge in [0.15, 0.2) is 0 Å². The van der Waals surface area contributed by atoms with Gasteiger partial charge in [-0.25, -0.2) is 0 Å². The largest absolute Gasteiger partial charge is 0.497 e. The number of ether oxygens (including phenoxy) is 2. The molecule has 5 nitrogen and oxygen atoms in total. The van der Waals surface area contributed by atoms with Crippen LogP contribution >= 0.6 is 0 Å². The van der Waals surface area contributed by atoms with Crippen LogP contribution in [0.1, 0.15) is 23.6 Å². The van der Waals surface area contributed by atoms with E-state index in [9.17, 15) is 4.79 Å². The molecule has 1 amide bonds. The molecule has 3 aromatic carbocycles. The quantitative estimate of drug-likeness (QED) is 0.350. The molecule has 1 aromatic heterocycles. The van der Waals surface area contributed by atoms with Crippen LogP contribution in [-0.4, -0.2) is 20.1 Å². The third-order valence-corrected chi connectivity index (χ3v) is 5.66. The smallest absolute Gasteiger partial charge is 0.244 e. The number of rotatable bonds is 7. The van der Waals surface area contributed by atoms with Crippen LogP contribution in [0.15, 0.2) is 77.4 Å². The number of allylic oxidation sites excluding steroid dienone is 1. The van der Waals surface area contributed by atoms with E-state index in [2.05, 4.69) is 5.32 Å². The Balaban J connectivity index is 1.62. The summed E-state index contributed by atoms with van der Waals surface area (Å²) in [6.07, 6.45) is 3.34. The Morgan fingerprint density at radius 3 is 2.39 bits per heavy atom. The lowest BCUT2D eigenvalue weighted by Crippen LogP contribution is -2.20. The fourth-order valence-corrected chi connectivity index (χ4v) is 3.75. The number of aryl methyl sites for hydroxylation is 1. The maximum Gasteiger partial charge on any atom is 0.244 e.